The number of rotatable bonds is 4. The van der Waals surface area contributed by atoms with Crippen LogP contribution in [0.5, 0.6) is 0 Å². The number of esters is 2. The maximum absolute atomic E-state index is 10.8. The van der Waals surface area contributed by atoms with Crippen molar-refractivity contribution in [3.63, 3.8) is 0 Å². The number of hydrogen-bond donors (Lipinski definition) is 0. The summed E-state index contributed by atoms with van der Waals surface area (Å²) >= 11 is 0. The van der Waals surface area contributed by atoms with Crippen molar-refractivity contribution in [3.8, 4) is 0 Å². The number of carbonyl (C=O) groups excluding carboxylic acids is 2. The Bertz CT molecular complexity index is 355. The molecule has 13 heavy (non-hydrogen) atoms. The number of hydrogen-bond acceptors (Lipinski definition) is 4. The van der Waals surface area contributed by atoms with Crippen molar-refractivity contribution in [3.05, 3.63) is 0 Å². The third-order valence-corrected chi connectivity index (χ3v) is 1.52. The highest BCUT2D eigenvalue weighted by molar-refractivity contribution is 5.66. The van der Waals surface area contributed by atoms with Crippen LogP contribution in [0.15, 0.2) is 0 Å². The van der Waals surface area contributed by atoms with Gasteiger partial charge in [0, 0.05) is 22.0 Å². The zero-order valence-corrected chi connectivity index (χ0v) is 7.55. The van der Waals surface area contributed by atoms with E-state index in [1.807, 2.05) is 0 Å². The van der Waals surface area contributed by atoms with Crippen molar-refractivity contribution in [2.45, 2.75) is 26.6 Å². The van der Waals surface area contributed by atoms with Crippen LogP contribution in [-0.4, -0.2) is 25.1 Å². The van der Waals surface area contributed by atoms with Crippen LogP contribution < -0.4 is 0 Å². The van der Waals surface area contributed by atoms with E-state index >= 15 is 0 Å². The monoisotopic (exact) mass is 191 g/mol. The van der Waals surface area contributed by atoms with Crippen molar-refractivity contribution in [1.82, 2.24) is 0 Å². The van der Waals surface area contributed by atoms with E-state index < -0.39 is 36.9 Å². The highest BCUT2D eigenvalue weighted by atomic mass is 16.6. The lowest BCUT2D eigenvalue weighted by atomic mass is 10.5. The fourth-order valence-corrected chi connectivity index (χ4v) is 0.705. The molecule has 0 aromatic rings. The van der Waals surface area contributed by atoms with E-state index in [1.54, 1.807) is 0 Å². The fraction of sp³-hybridized carbons (Fsp3) is 0.778. The van der Waals surface area contributed by atoms with E-state index in [9.17, 15) is 9.59 Å². The molecule has 1 unspecified atom stereocenters. The highest BCUT2D eigenvalue weighted by Crippen LogP contribution is 2.46. The van der Waals surface area contributed by atoms with E-state index in [0.717, 1.165) is 13.8 Å². The van der Waals surface area contributed by atoms with Crippen LogP contribution >= 0.6 is 0 Å². The Morgan fingerprint density at radius 3 is 2.38 bits per heavy atom. The second-order valence-corrected chi connectivity index (χ2v) is 2.91. The Kier molecular flexibility index (Phi) is 1.63. The molecular weight excluding hydrogens is 173 g/mol. The van der Waals surface area contributed by atoms with Gasteiger partial charge >= 0.3 is 11.9 Å². The van der Waals surface area contributed by atoms with Gasteiger partial charge in [0.2, 0.25) is 0 Å². The molecule has 1 saturated carbocycles. The van der Waals surface area contributed by atoms with Crippen molar-refractivity contribution in [1.29, 1.82) is 0 Å². The maximum atomic E-state index is 10.8. The van der Waals surface area contributed by atoms with Gasteiger partial charge in [-0.15, -0.1) is 0 Å². The van der Waals surface area contributed by atoms with Gasteiger partial charge in [-0.05, 0) is 12.8 Å². The first kappa shape index (κ1) is 5.62. The van der Waals surface area contributed by atoms with Crippen molar-refractivity contribution >= 4 is 11.9 Å². The first-order chi connectivity index (χ1) is 7.54. The van der Waals surface area contributed by atoms with E-state index in [1.165, 1.54) is 0 Å². The first-order valence-corrected chi connectivity index (χ1v) is 3.87. The molecule has 1 rings (SSSR count). The van der Waals surface area contributed by atoms with Gasteiger partial charge in [0.25, 0.3) is 0 Å². The van der Waals surface area contributed by atoms with Gasteiger partial charge in [0.05, 0.1) is 2.74 Å². The summed E-state index contributed by atoms with van der Waals surface area (Å²) in [4.78, 5) is 21.5. The summed E-state index contributed by atoms with van der Waals surface area (Å²) in [5.74, 6) is -1.48. The molecule has 0 aliphatic heterocycles. The van der Waals surface area contributed by atoms with Crippen LogP contribution in [0, 0.1) is 5.41 Å². The van der Waals surface area contributed by atoms with Crippen molar-refractivity contribution in [2.24, 2.45) is 5.41 Å². The van der Waals surface area contributed by atoms with E-state index in [2.05, 4.69) is 9.47 Å². The molecule has 1 atom stereocenters. The predicted molar refractivity (Wildman–Crippen MR) is 44.9 cm³/mol. The molecular formula is C9H14O4. The minimum absolute atomic E-state index is 0.159. The van der Waals surface area contributed by atoms with Crippen LogP contribution in [0.2, 0.25) is 0 Å². The standard InChI is InChI=1S/C9H14O4/c1-7(10)12-5-9(3-4-9)6-13-8(2)11/h3-6H2,1-2H3/i3D2,5D2,9+1. The molecule has 0 spiro atoms. The van der Waals surface area contributed by atoms with Gasteiger partial charge in [0.1, 0.15) is 13.2 Å². The summed E-state index contributed by atoms with van der Waals surface area (Å²) in [7, 11) is 0. The Hall–Kier alpha value is -1.06. The minimum Gasteiger partial charge on any atom is -0.465 e. The lowest BCUT2D eigenvalue weighted by Gasteiger charge is -2.13. The molecule has 0 amide bonds. The average Bonchev–Trinajstić information content (AvgIpc) is 2.65. The molecule has 0 aromatic carbocycles. The Labute approximate surface area is 82.8 Å². The van der Waals surface area contributed by atoms with E-state index in [0.29, 0.717) is 0 Å². The maximum Gasteiger partial charge on any atom is 0.302 e. The summed E-state index contributed by atoms with van der Waals surface area (Å²) in [6, 6.07) is 0. The zero-order valence-electron chi connectivity index (χ0n) is 11.5. The fourth-order valence-electron chi connectivity index (χ4n) is 0.705. The third kappa shape index (κ3) is 3.44. The van der Waals surface area contributed by atoms with Crippen LogP contribution in [0.4, 0.5) is 0 Å². The van der Waals surface area contributed by atoms with Crippen LogP contribution in [0.25, 0.3) is 0 Å². The van der Waals surface area contributed by atoms with Crippen molar-refractivity contribution < 1.29 is 24.5 Å². The molecule has 4 heteroatoms. The molecule has 1 aliphatic rings. The topological polar surface area (TPSA) is 52.6 Å². The molecule has 0 aromatic heterocycles. The van der Waals surface area contributed by atoms with E-state index in [-0.39, 0.29) is 6.42 Å². The van der Waals surface area contributed by atoms with Gasteiger partial charge in [-0.25, -0.2) is 0 Å². The molecule has 1 aliphatic carbocycles. The predicted octanol–water partition coefficient (Wildman–Crippen LogP) is 0.893. The first-order valence-electron chi connectivity index (χ1n) is 5.87. The molecule has 74 valence electrons. The average molecular weight is 191 g/mol. The second-order valence-electron chi connectivity index (χ2n) is 2.91. The summed E-state index contributed by atoms with van der Waals surface area (Å²) in [5, 5.41) is 0. The lowest BCUT2D eigenvalue weighted by Crippen LogP contribution is -2.20. The summed E-state index contributed by atoms with van der Waals surface area (Å²) in [5.41, 5.74) is -1.61. The number of ether oxygens (including phenoxy) is 2. The summed E-state index contributed by atoms with van der Waals surface area (Å²) in [6.45, 7) is -0.768. The Morgan fingerprint density at radius 2 is 2.00 bits per heavy atom. The largest absolute Gasteiger partial charge is 0.465 e. The quantitative estimate of drug-likeness (QED) is 0.489. The molecule has 4 nitrogen and oxygen atoms in total. The smallest absolute Gasteiger partial charge is 0.302 e. The van der Waals surface area contributed by atoms with Gasteiger partial charge in [-0.1, -0.05) is 0 Å². The molecule has 0 heterocycles. The molecule has 0 bridgehead atoms. The summed E-state index contributed by atoms with van der Waals surface area (Å²) < 4.78 is 39.5. The number of carbonyl (C=O) groups is 2. The molecule has 1 fully saturated rings. The normalized spacial score (nSPS) is 34.6. The third-order valence-electron chi connectivity index (χ3n) is 1.52. The van der Waals surface area contributed by atoms with Crippen LogP contribution in [0.3, 0.4) is 0 Å². The second kappa shape index (κ2) is 3.77. The summed E-state index contributed by atoms with van der Waals surface area (Å²) in [6.07, 6.45) is -2.02. The van der Waals surface area contributed by atoms with E-state index in [4.69, 9.17) is 5.48 Å². The minimum atomic E-state index is -2.50. The van der Waals surface area contributed by atoms with Gasteiger partial charge < -0.3 is 9.47 Å². The Balaban J connectivity index is 2.87. The van der Waals surface area contributed by atoms with Crippen LogP contribution in [0.1, 0.15) is 32.1 Å². The highest BCUT2D eigenvalue weighted by Gasteiger charge is 2.45. The zero-order chi connectivity index (χ0) is 13.5. The van der Waals surface area contributed by atoms with Crippen molar-refractivity contribution in [2.75, 3.05) is 13.2 Å². The SMILES string of the molecule is [2H]C1([2H])C[13C]1(COC(C)=O)C([2H])([2H])OC(C)=O. The van der Waals surface area contributed by atoms with Gasteiger partial charge in [-0.2, -0.15) is 0 Å². The lowest BCUT2D eigenvalue weighted by molar-refractivity contribution is -0.147. The Morgan fingerprint density at radius 1 is 1.46 bits per heavy atom. The van der Waals surface area contributed by atoms with Gasteiger partial charge in [-0.3, -0.25) is 9.59 Å². The van der Waals surface area contributed by atoms with Crippen LogP contribution in [-0.2, 0) is 19.1 Å². The molecule has 0 radical (unpaired) electrons. The van der Waals surface area contributed by atoms with Gasteiger partial charge in [0.15, 0.2) is 0 Å². The molecule has 0 N–H and O–H groups in total. The molecule has 0 saturated heterocycles.